The Balaban J connectivity index is 2.33. The minimum Gasteiger partial charge on any atom is -0.397 e. The molecule has 0 saturated heterocycles. The number of carbonyl (C=O) groups excluding carboxylic acids is 1. The lowest BCUT2D eigenvalue weighted by molar-refractivity contribution is 0.102. The Hall–Kier alpha value is -1.95. The van der Waals surface area contributed by atoms with Crippen LogP contribution in [-0.4, -0.2) is 5.91 Å². The Kier molecular flexibility index (Phi) is 4.04. The average molecular weight is 341 g/mol. The average Bonchev–Trinajstić information content (AvgIpc) is 2.33. The Morgan fingerprint density at radius 2 is 1.95 bits per heavy atom. The first-order valence-corrected chi connectivity index (χ1v) is 6.50. The molecule has 0 aromatic heterocycles. The topological polar surface area (TPSA) is 55.1 Å². The molecule has 0 atom stereocenters. The summed E-state index contributed by atoms with van der Waals surface area (Å²) in [5.74, 6) is -2.34. The normalized spacial score (nSPS) is 10.4. The van der Waals surface area contributed by atoms with E-state index in [1.54, 1.807) is 19.1 Å². The predicted molar refractivity (Wildman–Crippen MR) is 77.6 cm³/mol. The molecule has 0 unspecified atom stereocenters. The van der Waals surface area contributed by atoms with Crippen molar-refractivity contribution in [1.29, 1.82) is 0 Å². The van der Waals surface area contributed by atoms with Gasteiger partial charge in [0.2, 0.25) is 0 Å². The molecular weight excluding hydrogens is 330 g/mol. The molecule has 6 heteroatoms. The van der Waals surface area contributed by atoms with Crippen LogP contribution < -0.4 is 11.1 Å². The fraction of sp³-hybridized carbons (Fsp3) is 0.0714. The molecule has 0 aliphatic rings. The molecule has 0 fully saturated rings. The van der Waals surface area contributed by atoms with Gasteiger partial charge in [-0.15, -0.1) is 0 Å². The molecule has 104 valence electrons. The van der Waals surface area contributed by atoms with Gasteiger partial charge in [-0.25, -0.2) is 8.78 Å². The van der Waals surface area contributed by atoms with Crippen LogP contribution >= 0.6 is 15.9 Å². The summed E-state index contributed by atoms with van der Waals surface area (Å²) in [4.78, 5) is 12.0. The largest absolute Gasteiger partial charge is 0.397 e. The van der Waals surface area contributed by atoms with Crippen molar-refractivity contribution < 1.29 is 13.6 Å². The summed E-state index contributed by atoms with van der Waals surface area (Å²) < 4.78 is 27.1. The van der Waals surface area contributed by atoms with E-state index in [1.807, 2.05) is 0 Å². The van der Waals surface area contributed by atoms with Crippen LogP contribution in [0.3, 0.4) is 0 Å². The van der Waals surface area contributed by atoms with Crippen LogP contribution in [0.4, 0.5) is 20.2 Å². The highest BCUT2D eigenvalue weighted by Gasteiger charge is 2.15. The second-order valence-electron chi connectivity index (χ2n) is 4.27. The van der Waals surface area contributed by atoms with Gasteiger partial charge in [-0.3, -0.25) is 4.79 Å². The van der Waals surface area contributed by atoms with E-state index in [0.29, 0.717) is 17.4 Å². The van der Waals surface area contributed by atoms with Crippen LogP contribution in [0.1, 0.15) is 15.9 Å². The Labute approximate surface area is 122 Å². The van der Waals surface area contributed by atoms with Crippen LogP contribution in [-0.2, 0) is 0 Å². The van der Waals surface area contributed by atoms with Crippen LogP contribution in [0.2, 0.25) is 0 Å². The van der Waals surface area contributed by atoms with E-state index >= 15 is 0 Å². The van der Waals surface area contributed by atoms with E-state index in [-0.39, 0.29) is 5.56 Å². The lowest BCUT2D eigenvalue weighted by atomic mass is 10.1. The number of aryl methyl sites for hydroxylation is 1. The molecule has 3 nitrogen and oxygen atoms in total. The molecule has 1 amide bonds. The van der Waals surface area contributed by atoms with Crippen LogP contribution in [0.5, 0.6) is 0 Å². The quantitative estimate of drug-likeness (QED) is 0.815. The van der Waals surface area contributed by atoms with Gasteiger partial charge in [0.05, 0.1) is 16.9 Å². The number of nitrogens with one attached hydrogen (secondary N) is 1. The number of hydrogen-bond donors (Lipinski definition) is 2. The zero-order chi connectivity index (χ0) is 14.9. The molecule has 0 heterocycles. The molecule has 0 aliphatic heterocycles. The van der Waals surface area contributed by atoms with Gasteiger partial charge in [-0.05, 0) is 36.8 Å². The maximum absolute atomic E-state index is 13.5. The zero-order valence-corrected chi connectivity index (χ0v) is 12.1. The van der Waals surface area contributed by atoms with Crippen molar-refractivity contribution >= 4 is 33.2 Å². The summed E-state index contributed by atoms with van der Waals surface area (Å²) >= 11 is 3.28. The smallest absolute Gasteiger partial charge is 0.258 e. The second-order valence-corrected chi connectivity index (χ2v) is 5.18. The van der Waals surface area contributed by atoms with E-state index < -0.39 is 17.5 Å². The fourth-order valence-electron chi connectivity index (χ4n) is 1.79. The standard InChI is InChI=1S/C14H11BrF2N2O/c1-7-4-8(15)5-12(18)13(7)19-14(20)10-3-2-9(16)6-11(10)17/h2-6H,18H2,1H3,(H,19,20). The molecule has 2 rings (SSSR count). The molecule has 0 saturated carbocycles. The highest BCUT2D eigenvalue weighted by atomic mass is 79.9. The third-order valence-electron chi connectivity index (χ3n) is 2.75. The molecule has 0 spiro atoms. The van der Waals surface area contributed by atoms with E-state index in [9.17, 15) is 13.6 Å². The minimum atomic E-state index is -0.921. The van der Waals surface area contributed by atoms with Crippen LogP contribution in [0.25, 0.3) is 0 Å². The Bertz CT molecular complexity index is 666. The summed E-state index contributed by atoms with van der Waals surface area (Å²) in [6, 6.07) is 6.17. The number of nitrogen functional groups attached to an aromatic ring is 1. The first-order valence-electron chi connectivity index (χ1n) is 5.70. The van der Waals surface area contributed by atoms with Crippen molar-refractivity contribution in [3.63, 3.8) is 0 Å². The highest BCUT2D eigenvalue weighted by molar-refractivity contribution is 9.10. The molecule has 0 aliphatic carbocycles. The molecule has 20 heavy (non-hydrogen) atoms. The third-order valence-corrected chi connectivity index (χ3v) is 3.20. The fourth-order valence-corrected chi connectivity index (χ4v) is 2.38. The maximum Gasteiger partial charge on any atom is 0.258 e. The van der Waals surface area contributed by atoms with Gasteiger partial charge in [0.25, 0.3) is 5.91 Å². The van der Waals surface area contributed by atoms with Gasteiger partial charge >= 0.3 is 0 Å². The third kappa shape index (κ3) is 2.96. The van der Waals surface area contributed by atoms with Gasteiger partial charge in [0.1, 0.15) is 11.6 Å². The number of rotatable bonds is 2. The number of anilines is 2. The van der Waals surface area contributed by atoms with Crippen molar-refractivity contribution in [2.75, 3.05) is 11.1 Å². The maximum atomic E-state index is 13.5. The first-order chi connectivity index (χ1) is 9.38. The number of amides is 1. The van der Waals surface area contributed by atoms with E-state index in [1.165, 1.54) is 0 Å². The molecule has 0 radical (unpaired) electrons. The first kappa shape index (κ1) is 14.5. The second kappa shape index (κ2) is 5.58. The van der Waals surface area contributed by atoms with Crippen molar-refractivity contribution in [2.24, 2.45) is 0 Å². The summed E-state index contributed by atoms with van der Waals surface area (Å²) in [6.45, 7) is 1.76. The predicted octanol–water partition coefficient (Wildman–Crippen LogP) is 3.87. The number of hydrogen-bond acceptors (Lipinski definition) is 2. The summed E-state index contributed by atoms with van der Waals surface area (Å²) in [5.41, 5.74) is 7.06. The van der Waals surface area contributed by atoms with Gasteiger partial charge in [-0.2, -0.15) is 0 Å². The summed E-state index contributed by atoms with van der Waals surface area (Å²) in [5, 5.41) is 2.54. The SMILES string of the molecule is Cc1cc(Br)cc(N)c1NC(=O)c1ccc(F)cc1F. The van der Waals surface area contributed by atoms with E-state index in [0.717, 1.165) is 22.2 Å². The van der Waals surface area contributed by atoms with Crippen molar-refractivity contribution in [3.05, 3.63) is 57.6 Å². The molecule has 3 N–H and O–H groups in total. The number of nitrogens with two attached hydrogens (primary N) is 1. The molecule has 2 aromatic rings. The highest BCUT2D eigenvalue weighted by Crippen LogP contribution is 2.28. The van der Waals surface area contributed by atoms with E-state index in [2.05, 4.69) is 21.2 Å². The lowest BCUT2D eigenvalue weighted by Crippen LogP contribution is -2.16. The summed E-state index contributed by atoms with van der Waals surface area (Å²) in [7, 11) is 0. The molecule has 2 aromatic carbocycles. The molecular formula is C14H11BrF2N2O. The summed E-state index contributed by atoms with van der Waals surface area (Å²) in [6.07, 6.45) is 0. The van der Waals surface area contributed by atoms with Crippen molar-refractivity contribution in [2.45, 2.75) is 6.92 Å². The number of halogens is 3. The Morgan fingerprint density at radius 1 is 1.25 bits per heavy atom. The van der Waals surface area contributed by atoms with Crippen LogP contribution in [0, 0.1) is 18.6 Å². The van der Waals surface area contributed by atoms with Crippen molar-refractivity contribution in [3.8, 4) is 0 Å². The number of carbonyl (C=O) groups is 1. The number of benzene rings is 2. The van der Waals surface area contributed by atoms with Gasteiger partial charge in [-0.1, -0.05) is 15.9 Å². The van der Waals surface area contributed by atoms with Crippen LogP contribution in [0.15, 0.2) is 34.8 Å². The zero-order valence-electron chi connectivity index (χ0n) is 10.5. The monoisotopic (exact) mass is 340 g/mol. The minimum absolute atomic E-state index is 0.242. The molecule has 0 bridgehead atoms. The van der Waals surface area contributed by atoms with Gasteiger partial charge in [0, 0.05) is 10.5 Å². The lowest BCUT2D eigenvalue weighted by Gasteiger charge is -2.12. The van der Waals surface area contributed by atoms with Crippen molar-refractivity contribution in [1.82, 2.24) is 0 Å². The van der Waals surface area contributed by atoms with Gasteiger partial charge < -0.3 is 11.1 Å². The van der Waals surface area contributed by atoms with Gasteiger partial charge in [0.15, 0.2) is 0 Å². The van der Waals surface area contributed by atoms with E-state index in [4.69, 9.17) is 5.73 Å². The Morgan fingerprint density at radius 3 is 2.55 bits per heavy atom.